The van der Waals surface area contributed by atoms with Crippen molar-refractivity contribution < 1.29 is 28.7 Å². The van der Waals surface area contributed by atoms with Gasteiger partial charge in [0.05, 0.1) is 11.8 Å². The number of imide groups is 2. The summed E-state index contributed by atoms with van der Waals surface area (Å²) in [5, 5.41) is 9.87. The number of amides is 4. The zero-order valence-electron chi connectivity index (χ0n) is 24.1. The van der Waals surface area contributed by atoms with Gasteiger partial charge in [0, 0.05) is 38.6 Å². The van der Waals surface area contributed by atoms with Crippen molar-refractivity contribution in [1.82, 2.24) is 14.7 Å². The second-order valence-electron chi connectivity index (χ2n) is 12.7. The van der Waals surface area contributed by atoms with E-state index < -0.39 is 56.8 Å². The molecular weight excluding hydrogens is 608 g/mol. The van der Waals surface area contributed by atoms with Crippen LogP contribution in [0.15, 0.2) is 60.2 Å². The van der Waals surface area contributed by atoms with Crippen LogP contribution in [0.5, 0.6) is 5.75 Å². The summed E-state index contributed by atoms with van der Waals surface area (Å²) in [5.74, 6) is -6.53. The third kappa shape index (κ3) is 4.05. The fourth-order valence-corrected chi connectivity index (χ4v) is 9.40. The number of allylic oxidation sites excluding steroid dienone is 2. The number of piperidine rings is 1. The fourth-order valence-electron chi connectivity index (χ4n) is 8.38. The number of rotatable bonds is 4. The van der Waals surface area contributed by atoms with E-state index in [-0.39, 0.29) is 36.3 Å². The average molecular weight is 641 g/mol. The molecule has 4 amide bonds. The van der Waals surface area contributed by atoms with Gasteiger partial charge in [0.15, 0.2) is 21.3 Å². The first kappa shape index (κ1) is 29.4. The lowest BCUT2D eigenvalue weighted by Gasteiger charge is -2.50. The molecule has 0 aromatic heterocycles. The number of carbonyl (C=O) groups is 4. The van der Waals surface area contributed by atoms with Crippen molar-refractivity contribution >= 4 is 46.8 Å². The second-order valence-corrected chi connectivity index (χ2v) is 14.0. The maximum atomic E-state index is 14.7. The van der Waals surface area contributed by atoms with Crippen molar-refractivity contribution in [3.05, 3.63) is 77.1 Å². The molecule has 0 spiro atoms. The van der Waals surface area contributed by atoms with E-state index in [1.807, 2.05) is 24.3 Å². The summed E-state index contributed by atoms with van der Waals surface area (Å²) in [5.41, 5.74) is 2.06. The first-order chi connectivity index (χ1) is 21.0. The highest BCUT2D eigenvalue weighted by Gasteiger charge is 2.76. The van der Waals surface area contributed by atoms with Crippen LogP contribution in [0, 0.1) is 23.6 Å². The van der Waals surface area contributed by atoms with Gasteiger partial charge >= 0.3 is 0 Å². The first-order valence-corrected chi connectivity index (χ1v) is 15.7. The summed E-state index contributed by atoms with van der Waals surface area (Å²) in [6.45, 7) is 2.29. The molecule has 11 heteroatoms. The van der Waals surface area contributed by atoms with E-state index in [1.165, 1.54) is 23.6 Å². The predicted molar refractivity (Wildman–Crippen MR) is 160 cm³/mol. The van der Waals surface area contributed by atoms with Gasteiger partial charge in [-0.15, -0.1) is 23.2 Å². The minimum atomic E-state index is -1.99. The van der Waals surface area contributed by atoms with Crippen molar-refractivity contribution in [2.75, 3.05) is 20.1 Å². The number of phenols is 1. The Balaban J connectivity index is 1.21. The van der Waals surface area contributed by atoms with Crippen LogP contribution in [-0.4, -0.2) is 79.4 Å². The van der Waals surface area contributed by atoms with Gasteiger partial charge in [-0.1, -0.05) is 48.0 Å². The highest BCUT2D eigenvalue weighted by atomic mass is 35.5. The molecule has 2 aromatic rings. The highest BCUT2D eigenvalue weighted by molar-refractivity contribution is 6.53. The third-order valence-corrected chi connectivity index (χ3v) is 11.9. The topological polar surface area (TPSA) is 98.2 Å². The summed E-state index contributed by atoms with van der Waals surface area (Å²) in [4.78, 5) is 56.0. The maximum Gasteiger partial charge on any atom is 0.253 e. The van der Waals surface area contributed by atoms with Gasteiger partial charge in [0.2, 0.25) is 11.8 Å². The molecule has 4 fully saturated rings. The first-order valence-electron chi connectivity index (χ1n) is 15.0. The predicted octanol–water partition coefficient (Wildman–Crippen LogP) is 4.18. The molecule has 5 aliphatic rings. The zero-order chi connectivity index (χ0) is 31.1. The molecule has 0 bridgehead atoms. The van der Waals surface area contributed by atoms with Gasteiger partial charge in [-0.05, 0) is 54.9 Å². The Morgan fingerprint density at radius 2 is 1.66 bits per heavy atom. The SMILES string of the molecule is CN1C(=O)C2(Cl)CC3C(=CCC4C(=O)N(C5CCN(Cc6ccccc6)CC5)C(=O)C43)C(c3ccc(O)c(F)c3)C2(Cl)C1=O. The molecule has 3 aliphatic heterocycles. The molecule has 3 saturated heterocycles. The number of carbonyl (C=O) groups excluding carboxylic acids is 4. The van der Waals surface area contributed by atoms with Crippen molar-refractivity contribution in [2.45, 2.75) is 53.9 Å². The summed E-state index contributed by atoms with van der Waals surface area (Å²) in [6.07, 6.45) is 3.29. The lowest BCUT2D eigenvalue weighted by Crippen LogP contribution is -2.60. The summed E-state index contributed by atoms with van der Waals surface area (Å²) >= 11 is 14.3. The van der Waals surface area contributed by atoms with E-state index in [9.17, 15) is 28.7 Å². The Bertz CT molecular complexity index is 1610. The smallest absolute Gasteiger partial charge is 0.253 e. The van der Waals surface area contributed by atoms with E-state index in [1.54, 1.807) is 0 Å². The lowest BCUT2D eigenvalue weighted by atomic mass is 9.56. The minimum Gasteiger partial charge on any atom is -0.505 e. The number of halogens is 3. The molecule has 230 valence electrons. The molecule has 0 radical (unpaired) electrons. The third-order valence-electron chi connectivity index (χ3n) is 10.5. The highest BCUT2D eigenvalue weighted by Crippen LogP contribution is 2.65. The van der Waals surface area contributed by atoms with Crippen molar-refractivity contribution in [2.24, 2.45) is 17.8 Å². The van der Waals surface area contributed by atoms with Crippen molar-refractivity contribution in [1.29, 1.82) is 0 Å². The number of hydrogen-bond acceptors (Lipinski definition) is 6. The van der Waals surface area contributed by atoms with E-state index in [2.05, 4.69) is 17.0 Å². The van der Waals surface area contributed by atoms with E-state index in [0.29, 0.717) is 18.4 Å². The van der Waals surface area contributed by atoms with Crippen LogP contribution in [0.1, 0.15) is 42.7 Å². The van der Waals surface area contributed by atoms with Gasteiger partial charge in [-0.25, -0.2) is 4.39 Å². The van der Waals surface area contributed by atoms with Crippen LogP contribution in [0.2, 0.25) is 0 Å². The molecule has 1 N–H and O–H groups in total. The summed E-state index contributed by atoms with van der Waals surface area (Å²) in [6, 6.07) is 13.6. The molecule has 1 saturated carbocycles. The average Bonchev–Trinajstić information content (AvgIpc) is 3.34. The van der Waals surface area contributed by atoms with Crippen LogP contribution in [0.3, 0.4) is 0 Å². The largest absolute Gasteiger partial charge is 0.505 e. The Morgan fingerprint density at radius 3 is 2.34 bits per heavy atom. The zero-order valence-corrected chi connectivity index (χ0v) is 25.6. The van der Waals surface area contributed by atoms with Gasteiger partial charge in [0.1, 0.15) is 0 Å². The normalized spacial score (nSPS) is 34.2. The van der Waals surface area contributed by atoms with Crippen molar-refractivity contribution in [3.63, 3.8) is 0 Å². The van der Waals surface area contributed by atoms with Crippen LogP contribution >= 0.6 is 23.2 Å². The number of nitrogens with zero attached hydrogens (tertiary/aromatic N) is 3. The number of likely N-dealkylation sites (tertiary alicyclic amines) is 3. The molecule has 3 heterocycles. The molecule has 6 unspecified atom stereocenters. The Hall–Kier alpha value is -3.27. The standard InChI is InChI=1S/C33H32Cl2FN3O5/c1-37-30(43)32(34)16-23-21(27(33(32,35)31(37)44)19-7-10-25(40)24(36)15-19)8-9-22-26(23)29(42)39(28(22)41)20-11-13-38(14-12-20)17-18-5-3-2-4-6-18/h2-8,10,15,20,22-23,26-27,40H,9,11-14,16-17H2,1H3. The number of aromatic hydroxyl groups is 1. The van der Waals surface area contributed by atoms with Crippen LogP contribution < -0.4 is 0 Å². The van der Waals surface area contributed by atoms with E-state index in [0.717, 1.165) is 36.7 Å². The molecule has 6 atom stereocenters. The minimum absolute atomic E-state index is 0.112. The monoisotopic (exact) mass is 639 g/mol. The van der Waals surface area contributed by atoms with Gasteiger partial charge < -0.3 is 5.11 Å². The molecule has 2 aliphatic carbocycles. The Labute approximate surface area is 264 Å². The van der Waals surface area contributed by atoms with Crippen molar-refractivity contribution in [3.8, 4) is 5.75 Å². The number of benzene rings is 2. The molecular formula is C33H32Cl2FN3O5. The van der Waals surface area contributed by atoms with Gasteiger partial charge in [-0.3, -0.25) is 33.9 Å². The Kier molecular flexibility index (Phi) is 6.95. The maximum absolute atomic E-state index is 14.7. The van der Waals surface area contributed by atoms with E-state index in [4.69, 9.17) is 23.2 Å². The molecule has 44 heavy (non-hydrogen) atoms. The number of hydrogen-bond donors (Lipinski definition) is 1. The molecule has 8 nitrogen and oxygen atoms in total. The van der Waals surface area contributed by atoms with Crippen LogP contribution in [0.25, 0.3) is 0 Å². The quantitative estimate of drug-likeness (QED) is 0.306. The number of alkyl halides is 2. The second kappa shape index (κ2) is 10.4. The van der Waals surface area contributed by atoms with Crippen LogP contribution in [-0.2, 0) is 25.7 Å². The lowest BCUT2D eigenvalue weighted by molar-refractivity contribution is -0.144. The fraction of sp³-hybridized carbons (Fsp3) is 0.455. The van der Waals surface area contributed by atoms with Gasteiger partial charge in [0.25, 0.3) is 11.8 Å². The summed E-state index contributed by atoms with van der Waals surface area (Å²) < 4.78 is 14.7. The van der Waals surface area contributed by atoms with Crippen LogP contribution in [0.4, 0.5) is 4.39 Å². The summed E-state index contributed by atoms with van der Waals surface area (Å²) in [7, 11) is 1.31. The Morgan fingerprint density at radius 1 is 0.955 bits per heavy atom. The number of phenolic OH excluding ortho intramolecular Hbond substituents is 1. The molecule has 2 aromatic carbocycles. The molecule has 7 rings (SSSR count). The van der Waals surface area contributed by atoms with Gasteiger partial charge in [-0.2, -0.15) is 0 Å². The van der Waals surface area contributed by atoms with E-state index >= 15 is 0 Å². The number of fused-ring (bicyclic) bond motifs is 4.